The third-order valence-electron chi connectivity index (χ3n) is 1.74. The fraction of sp³-hybridized carbons (Fsp3) is 0.222. The molecule has 13 heavy (non-hydrogen) atoms. The van der Waals surface area contributed by atoms with Gasteiger partial charge < -0.3 is 14.9 Å². The van der Waals surface area contributed by atoms with Gasteiger partial charge in [-0.1, -0.05) is 0 Å². The molecule has 68 valence electrons. The van der Waals surface area contributed by atoms with Gasteiger partial charge in [0.05, 0.1) is 6.21 Å². The first-order chi connectivity index (χ1) is 6.40. The maximum atomic E-state index is 5.21. The fourth-order valence-electron chi connectivity index (χ4n) is 1.13. The Bertz CT molecular complexity index is 336. The summed E-state index contributed by atoms with van der Waals surface area (Å²) in [7, 11) is 1.75. The van der Waals surface area contributed by atoms with Crippen LogP contribution in [0.25, 0.3) is 0 Å². The molecule has 0 atom stereocenters. The number of nitrogens with zero attached hydrogens (tertiary/aromatic N) is 1. The quantitative estimate of drug-likeness (QED) is 0.542. The molecule has 0 aromatic heterocycles. The molecule has 0 spiro atoms. The Morgan fingerprint density at radius 2 is 2.23 bits per heavy atom. The Morgan fingerprint density at radius 3 is 3.08 bits per heavy atom. The molecule has 1 N–H and O–H groups in total. The molecule has 1 aliphatic rings. The minimum atomic E-state index is 0.307. The lowest BCUT2D eigenvalue weighted by Crippen LogP contribution is -1.94. The van der Waals surface area contributed by atoms with Crippen LogP contribution in [0.15, 0.2) is 23.3 Å². The Balaban J connectivity index is 2.25. The van der Waals surface area contributed by atoms with Crippen LogP contribution in [0.3, 0.4) is 0 Å². The largest absolute Gasteiger partial charge is 0.454 e. The van der Waals surface area contributed by atoms with E-state index < -0.39 is 0 Å². The van der Waals surface area contributed by atoms with Crippen LogP contribution in [0.1, 0.15) is 5.56 Å². The van der Waals surface area contributed by atoms with Gasteiger partial charge in [0.15, 0.2) is 11.5 Å². The first-order valence-corrected chi connectivity index (χ1v) is 3.99. The number of nitrogens with one attached hydrogen (secondary N) is 1. The SMILES string of the molecule is CNN=Cc1ccc2c(c1)OCO2. The summed E-state index contributed by atoms with van der Waals surface area (Å²) >= 11 is 0. The molecule has 0 saturated heterocycles. The zero-order valence-corrected chi connectivity index (χ0v) is 7.28. The van der Waals surface area contributed by atoms with Gasteiger partial charge in [0.1, 0.15) is 0 Å². The van der Waals surface area contributed by atoms with E-state index in [0.29, 0.717) is 6.79 Å². The second-order valence-corrected chi connectivity index (χ2v) is 2.59. The molecule has 0 saturated carbocycles. The molecule has 1 aromatic carbocycles. The number of benzene rings is 1. The van der Waals surface area contributed by atoms with Gasteiger partial charge in [-0.3, -0.25) is 0 Å². The standard InChI is InChI=1S/C9H10N2O2/c1-10-11-5-7-2-3-8-9(4-7)13-6-12-8/h2-5,10H,6H2,1H3. The van der Waals surface area contributed by atoms with Crippen molar-refractivity contribution < 1.29 is 9.47 Å². The van der Waals surface area contributed by atoms with Crippen molar-refractivity contribution in [1.82, 2.24) is 5.43 Å². The van der Waals surface area contributed by atoms with Gasteiger partial charge in [-0.2, -0.15) is 5.10 Å². The molecule has 2 rings (SSSR count). The maximum absolute atomic E-state index is 5.21. The van der Waals surface area contributed by atoms with E-state index in [0.717, 1.165) is 17.1 Å². The zero-order chi connectivity index (χ0) is 9.10. The van der Waals surface area contributed by atoms with Crippen molar-refractivity contribution in [2.45, 2.75) is 0 Å². The third-order valence-corrected chi connectivity index (χ3v) is 1.74. The van der Waals surface area contributed by atoms with E-state index >= 15 is 0 Å². The van der Waals surface area contributed by atoms with Gasteiger partial charge in [-0.25, -0.2) is 0 Å². The smallest absolute Gasteiger partial charge is 0.231 e. The Labute approximate surface area is 76.2 Å². The number of hydrogen-bond donors (Lipinski definition) is 1. The number of hydrogen-bond acceptors (Lipinski definition) is 4. The second kappa shape index (κ2) is 3.35. The highest BCUT2D eigenvalue weighted by atomic mass is 16.7. The lowest BCUT2D eigenvalue weighted by molar-refractivity contribution is 0.174. The van der Waals surface area contributed by atoms with Crippen LogP contribution in [0.4, 0.5) is 0 Å². The first kappa shape index (κ1) is 7.91. The number of rotatable bonds is 2. The topological polar surface area (TPSA) is 42.9 Å². The van der Waals surface area contributed by atoms with Crippen LogP contribution in [0.2, 0.25) is 0 Å². The monoisotopic (exact) mass is 178 g/mol. The fourth-order valence-corrected chi connectivity index (χ4v) is 1.13. The summed E-state index contributed by atoms with van der Waals surface area (Å²) in [5.74, 6) is 1.57. The maximum Gasteiger partial charge on any atom is 0.231 e. The van der Waals surface area contributed by atoms with E-state index in [1.165, 1.54) is 0 Å². The van der Waals surface area contributed by atoms with E-state index in [2.05, 4.69) is 10.5 Å². The lowest BCUT2D eigenvalue weighted by Gasteiger charge is -1.96. The minimum Gasteiger partial charge on any atom is -0.454 e. The molecule has 0 aliphatic carbocycles. The Hall–Kier alpha value is -1.71. The molecule has 0 radical (unpaired) electrons. The average molecular weight is 178 g/mol. The Morgan fingerprint density at radius 1 is 1.38 bits per heavy atom. The van der Waals surface area contributed by atoms with E-state index in [9.17, 15) is 0 Å². The van der Waals surface area contributed by atoms with Crippen LogP contribution in [0, 0.1) is 0 Å². The lowest BCUT2D eigenvalue weighted by atomic mass is 10.2. The van der Waals surface area contributed by atoms with Gasteiger partial charge in [-0.05, 0) is 23.8 Å². The molecule has 0 unspecified atom stereocenters. The van der Waals surface area contributed by atoms with Crippen molar-refractivity contribution in [3.05, 3.63) is 23.8 Å². The Kier molecular flexibility index (Phi) is 2.04. The predicted octanol–water partition coefficient (Wildman–Crippen LogP) is 0.969. The highest BCUT2D eigenvalue weighted by molar-refractivity contribution is 5.80. The minimum absolute atomic E-state index is 0.307. The zero-order valence-electron chi connectivity index (χ0n) is 7.28. The summed E-state index contributed by atoms with van der Waals surface area (Å²) in [4.78, 5) is 0. The summed E-state index contributed by atoms with van der Waals surface area (Å²) in [6.45, 7) is 0.307. The third kappa shape index (κ3) is 1.56. The molecule has 0 amide bonds. The van der Waals surface area contributed by atoms with Crippen molar-refractivity contribution in [1.29, 1.82) is 0 Å². The number of hydrazone groups is 1. The molecule has 1 aliphatic heterocycles. The molecule has 1 aromatic rings. The average Bonchev–Trinajstić information content (AvgIpc) is 2.61. The summed E-state index contributed by atoms with van der Waals surface area (Å²) in [6, 6.07) is 5.69. The van der Waals surface area contributed by atoms with Crippen molar-refractivity contribution in [2.24, 2.45) is 5.10 Å². The van der Waals surface area contributed by atoms with E-state index in [-0.39, 0.29) is 0 Å². The van der Waals surface area contributed by atoms with Crippen LogP contribution < -0.4 is 14.9 Å². The summed E-state index contributed by atoms with van der Waals surface area (Å²) in [6.07, 6.45) is 1.72. The summed E-state index contributed by atoms with van der Waals surface area (Å²) in [5.41, 5.74) is 3.67. The molecular formula is C9H10N2O2. The van der Waals surface area contributed by atoms with Crippen LogP contribution in [-0.2, 0) is 0 Å². The van der Waals surface area contributed by atoms with Crippen LogP contribution >= 0.6 is 0 Å². The summed E-state index contributed by atoms with van der Waals surface area (Å²) < 4.78 is 10.4. The normalized spacial score (nSPS) is 13.6. The molecule has 4 heteroatoms. The van der Waals surface area contributed by atoms with Gasteiger partial charge >= 0.3 is 0 Å². The van der Waals surface area contributed by atoms with E-state index in [1.54, 1.807) is 13.3 Å². The molecule has 0 bridgehead atoms. The van der Waals surface area contributed by atoms with Gasteiger partial charge in [0.2, 0.25) is 6.79 Å². The predicted molar refractivity (Wildman–Crippen MR) is 49.2 cm³/mol. The highest BCUT2D eigenvalue weighted by Crippen LogP contribution is 2.31. The van der Waals surface area contributed by atoms with Crippen molar-refractivity contribution in [3.8, 4) is 11.5 Å². The van der Waals surface area contributed by atoms with Crippen molar-refractivity contribution in [2.75, 3.05) is 13.8 Å². The first-order valence-electron chi connectivity index (χ1n) is 3.99. The van der Waals surface area contributed by atoms with Crippen molar-refractivity contribution in [3.63, 3.8) is 0 Å². The van der Waals surface area contributed by atoms with Crippen LogP contribution in [-0.4, -0.2) is 20.1 Å². The number of ether oxygens (including phenoxy) is 2. The van der Waals surface area contributed by atoms with E-state index in [1.807, 2.05) is 18.2 Å². The number of fused-ring (bicyclic) bond motifs is 1. The summed E-state index contributed by atoms with van der Waals surface area (Å²) in [5, 5.41) is 3.90. The van der Waals surface area contributed by atoms with E-state index in [4.69, 9.17) is 9.47 Å². The van der Waals surface area contributed by atoms with Gasteiger partial charge in [-0.15, -0.1) is 0 Å². The molecule has 1 heterocycles. The van der Waals surface area contributed by atoms with Crippen molar-refractivity contribution >= 4 is 6.21 Å². The van der Waals surface area contributed by atoms with Crippen LogP contribution in [0.5, 0.6) is 11.5 Å². The second-order valence-electron chi connectivity index (χ2n) is 2.59. The molecule has 4 nitrogen and oxygen atoms in total. The molecular weight excluding hydrogens is 168 g/mol. The highest BCUT2D eigenvalue weighted by Gasteiger charge is 2.12. The van der Waals surface area contributed by atoms with Gasteiger partial charge in [0, 0.05) is 7.05 Å². The van der Waals surface area contributed by atoms with Gasteiger partial charge in [0.25, 0.3) is 0 Å². The molecule has 0 fully saturated rings.